The van der Waals surface area contributed by atoms with Crippen molar-refractivity contribution in [1.29, 1.82) is 0 Å². The zero-order valence-corrected chi connectivity index (χ0v) is 17.3. The van der Waals surface area contributed by atoms with Gasteiger partial charge >= 0.3 is 0 Å². The zero-order valence-electron chi connectivity index (χ0n) is 17.3. The van der Waals surface area contributed by atoms with Crippen LogP contribution in [0, 0.1) is 0 Å². The van der Waals surface area contributed by atoms with Gasteiger partial charge in [0.15, 0.2) is 5.96 Å². The van der Waals surface area contributed by atoms with E-state index in [9.17, 15) is 4.79 Å². The van der Waals surface area contributed by atoms with Gasteiger partial charge in [-0.15, -0.1) is 0 Å². The van der Waals surface area contributed by atoms with E-state index in [0.717, 1.165) is 12.8 Å². The maximum absolute atomic E-state index is 11.9. The Morgan fingerprint density at radius 3 is 1.62 bits per heavy atom. The van der Waals surface area contributed by atoms with Crippen LogP contribution in [-0.2, 0) is 4.79 Å². The third-order valence-corrected chi connectivity index (χ3v) is 4.48. The number of nitrogens with one attached hydrogen (secondary N) is 2. The Morgan fingerprint density at radius 2 is 1.19 bits per heavy atom. The quantitative estimate of drug-likeness (QED) is 0.245. The number of unbranched alkanes of at least 4 members (excludes halogenated alkanes) is 12. The molecule has 26 heavy (non-hydrogen) atoms. The number of rotatable bonds is 14. The number of hydrogen-bond donors (Lipinski definition) is 3. The van der Waals surface area contributed by atoms with Gasteiger partial charge in [0.2, 0.25) is 11.9 Å². The highest BCUT2D eigenvalue weighted by atomic mass is 16.1. The maximum atomic E-state index is 11.9. The molecule has 0 spiro atoms. The summed E-state index contributed by atoms with van der Waals surface area (Å²) >= 11 is 0. The summed E-state index contributed by atoms with van der Waals surface area (Å²) in [7, 11) is 3.17. The summed E-state index contributed by atoms with van der Waals surface area (Å²) in [6.07, 6.45) is 17.4. The summed E-state index contributed by atoms with van der Waals surface area (Å²) in [6.45, 7) is 2.26. The Bertz CT molecular complexity index is 407. The van der Waals surface area contributed by atoms with Crippen molar-refractivity contribution in [2.45, 2.75) is 96.8 Å². The molecular formula is C20H41N5O. The van der Waals surface area contributed by atoms with E-state index < -0.39 is 0 Å². The molecule has 0 saturated carbocycles. The predicted molar refractivity (Wildman–Crippen MR) is 112 cm³/mol. The van der Waals surface area contributed by atoms with Gasteiger partial charge in [0.25, 0.3) is 0 Å². The normalized spacial score (nSPS) is 12.3. The molecule has 1 amide bonds. The molecule has 0 bridgehead atoms. The van der Waals surface area contributed by atoms with Crippen molar-refractivity contribution >= 4 is 17.8 Å². The molecule has 4 N–H and O–H groups in total. The smallest absolute Gasteiger partial charge is 0.226 e. The molecule has 0 aromatic heterocycles. The van der Waals surface area contributed by atoms with E-state index in [0.29, 0.717) is 12.4 Å². The highest BCUT2D eigenvalue weighted by Crippen LogP contribution is 2.12. The fourth-order valence-electron chi connectivity index (χ4n) is 2.82. The summed E-state index contributed by atoms with van der Waals surface area (Å²) < 4.78 is 0. The molecule has 0 aliphatic rings. The van der Waals surface area contributed by atoms with Crippen molar-refractivity contribution in [3.63, 3.8) is 0 Å². The first kappa shape index (κ1) is 24.4. The second-order valence-electron chi connectivity index (χ2n) is 6.85. The average Bonchev–Trinajstić information content (AvgIpc) is 2.64. The van der Waals surface area contributed by atoms with Crippen molar-refractivity contribution < 1.29 is 4.79 Å². The molecule has 0 rings (SSSR count). The standard InChI is InChI=1S/C20H41N5O/c1-4-5-6-7-8-9-10-11-12-13-14-15-16-17-18(26)24-20(23-3)25-19(21)22-2/h4-17H2,1-3H3,(H4,21,22,23,24,25,26). The Kier molecular flexibility index (Phi) is 17.1. The van der Waals surface area contributed by atoms with Gasteiger partial charge in [-0.1, -0.05) is 84.0 Å². The lowest BCUT2D eigenvalue weighted by molar-refractivity contribution is -0.119. The van der Waals surface area contributed by atoms with Crippen molar-refractivity contribution in [3.8, 4) is 0 Å². The number of guanidine groups is 2. The number of nitrogens with zero attached hydrogens (tertiary/aromatic N) is 2. The minimum Gasteiger partial charge on any atom is -0.370 e. The lowest BCUT2D eigenvalue weighted by Crippen LogP contribution is -2.46. The molecule has 0 saturated heterocycles. The van der Waals surface area contributed by atoms with Gasteiger partial charge in [-0.05, 0) is 6.42 Å². The Morgan fingerprint density at radius 1 is 0.731 bits per heavy atom. The highest BCUT2D eigenvalue weighted by molar-refractivity contribution is 6.04. The van der Waals surface area contributed by atoms with Crippen LogP contribution in [0.5, 0.6) is 0 Å². The monoisotopic (exact) mass is 367 g/mol. The third-order valence-electron chi connectivity index (χ3n) is 4.48. The van der Waals surface area contributed by atoms with Gasteiger partial charge in [-0.2, -0.15) is 0 Å². The third kappa shape index (κ3) is 15.9. The second-order valence-corrected chi connectivity index (χ2v) is 6.85. The van der Waals surface area contributed by atoms with Gasteiger partial charge in [0.05, 0.1) is 0 Å². The molecule has 0 aliphatic carbocycles. The van der Waals surface area contributed by atoms with Gasteiger partial charge in [-0.25, -0.2) is 0 Å². The molecule has 6 heteroatoms. The number of nitrogens with two attached hydrogens (primary N) is 1. The number of amides is 1. The molecule has 0 heterocycles. The van der Waals surface area contributed by atoms with Crippen molar-refractivity contribution in [2.75, 3.05) is 14.1 Å². The van der Waals surface area contributed by atoms with E-state index in [1.165, 1.54) is 70.6 Å². The SMILES string of the molecule is CCCCCCCCCCCCCCCC(=O)NC(=NC)NC(N)=NC. The van der Waals surface area contributed by atoms with Crippen LogP contribution in [0.1, 0.15) is 96.8 Å². The van der Waals surface area contributed by atoms with Gasteiger partial charge in [-0.3, -0.25) is 25.4 Å². The zero-order chi connectivity index (χ0) is 19.5. The van der Waals surface area contributed by atoms with E-state index in [1.54, 1.807) is 14.1 Å². The highest BCUT2D eigenvalue weighted by Gasteiger charge is 2.06. The second kappa shape index (κ2) is 18.2. The average molecular weight is 368 g/mol. The summed E-state index contributed by atoms with van der Waals surface area (Å²) in [4.78, 5) is 19.6. The number of carbonyl (C=O) groups excluding carboxylic acids is 1. The lowest BCUT2D eigenvalue weighted by atomic mass is 10.0. The number of hydrogen-bond acceptors (Lipinski definition) is 3. The summed E-state index contributed by atoms with van der Waals surface area (Å²) in [6, 6.07) is 0. The molecule has 0 fully saturated rings. The lowest BCUT2D eigenvalue weighted by Gasteiger charge is -2.09. The number of carbonyl (C=O) groups is 1. The van der Waals surface area contributed by atoms with Crippen LogP contribution in [0.4, 0.5) is 0 Å². The topological polar surface area (TPSA) is 91.9 Å². The molecule has 0 aliphatic heterocycles. The van der Waals surface area contributed by atoms with E-state index >= 15 is 0 Å². The van der Waals surface area contributed by atoms with Crippen molar-refractivity contribution in [3.05, 3.63) is 0 Å². The number of aliphatic imine (C=N–C) groups is 2. The minimum absolute atomic E-state index is 0.0370. The van der Waals surface area contributed by atoms with E-state index in [1.807, 2.05) is 0 Å². The van der Waals surface area contributed by atoms with Crippen molar-refractivity contribution in [2.24, 2.45) is 15.7 Å². The first-order valence-electron chi connectivity index (χ1n) is 10.4. The van der Waals surface area contributed by atoms with E-state index in [2.05, 4.69) is 27.5 Å². The fraction of sp³-hybridized carbons (Fsp3) is 0.850. The molecule has 6 nitrogen and oxygen atoms in total. The molecule has 152 valence electrons. The largest absolute Gasteiger partial charge is 0.370 e. The minimum atomic E-state index is -0.0370. The van der Waals surface area contributed by atoms with Crippen LogP contribution in [0.15, 0.2) is 9.98 Å². The van der Waals surface area contributed by atoms with Crippen LogP contribution in [-0.4, -0.2) is 31.9 Å². The predicted octanol–water partition coefficient (Wildman–Crippen LogP) is 4.10. The Labute approximate surface area is 160 Å². The Hall–Kier alpha value is -1.59. The van der Waals surface area contributed by atoms with Crippen LogP contribution in [0.3, 0.4) is 0 Å². The van der Waals surface area contributed by atoms with E-state index in [-0.39, 0.29) is 11.9 Å². The summed E-state index contributed by atoms with van der Waals surface area (Å²) in [5.74, 6) is 0.532. The molecule has 0 unspecified atom stereocenters. The summed E-state index contributed by atoms with van der Waals surface area (Å²) in [5.41, 5.74) is 5.56. The molecule has 0 aromatic rings. The van der Waals surface area contributed by atoms with Gasteiger partial charge < -0.3 is 5.73 Å². The van der Waals surface area contributed by atoms with Crippen LogP contribution < -0.4 is 16.4 Å². The maximum Gasteiger partial charge on any atom is 0.226 e. The first-order valence-corrected chi connectivity index (χ1v) is 10.4. The molecule has 0 aromatic carbocycles. The Balaban J connectivity index is 3.45. The molecule has 0 radical (unpaired) electrons. The van der Waals surface area contributed by atoms with Crippen LogP contribution >= 0.6 is 0 Å². The van der Waals surface area contributed by atoms with E-state index in [4.69, 9.17) is 5.73 Å². The van der Waals surface area contributed by atoms with Gasteiger partial charge in [0.1, 0.15) is 0 Å². The van der Waals surface area contributed by atoms with Gasteiger partial charge in [0, 0.05) is 20.5 Å². The fourth-order valence-corrected chi connectivity index (χ4v) is 2.82. The van der Waals surface area contributed by atoms with Crippen molar-refractivity contribution in [1.82, 2.24) is 10.6 Å². The summed E-state index contributed by atoms with van der Waals surface area (Å²) in [5, 5.41) is 5.46. The van der Waals surface area contributed by atoms with Crippen LogP contribution in [0.2, 0.25) is 0 Å². The first-order chi connectivity index (χ1) is 12.6. The molecular weight excluding hydrogens is 326 g/mol. The van der Waals surface area contributed by atoms with Crippen LogP contribution in [0.25, 0.3) is 0 Å². The molecule has 0 atom stereocenters.